The molecule has 5 heteroatoms. The molecule has 1 aromatic rings. The van der Waals surface area contributed by atoms with E-state index in [1.54, 1.807) is 0 Å². The maximum atomic E-state index is 14.1. The van der Waals surface area contributed by atoms with Gasteiger partial charge in [-0.1, -0.05) is 38.1 Å². The van der Waals surface area contributed by atoms with Crippen molar-refractivity contribution in [2.45, 2.75) is 63.8 Å². The van der Waals surface area contributed by atoms with Gasteiger partial charge in [0.25, 0.3) is 0 Å². The van der Waals surface area contributed by atoms with Gasteiger partial charge in [0.05, 0.1) is 11.5 Å². The molecule has 1 unspecified atom stereocenters. The Balaban J connectivity index is 1.70. The molecule has 1 atom stereocenters. The highest BCUT2D eigenvalue weighted by Gasteiger charge is 2.52. The molecule has 2 fully saturated rings. The number of carbonyl (C=O) groups excluding carboxylic acids is 2. The summed E-state index contributed by atoms with van der Waals surface area (Å²) in [6, 6.07) is 8.86. The van der Waals surface area contributed by atoms with Gasteiger partial charge in [-0.3, -0.25) is 9.59 Å². The van der Waals surface area contributed by atoms with Gasteiger partial charge >= 0.3 is 0 Å². The van der Waals surface area contributed by atoms with Crippen LogP contribution in [-0.2, 0) is 15.0 Å². The number of piperidine rings is 1. The van der Waals surface area contributed by atoms with Gasteiger partial charge in [0.15, 0.2) is 0 Å². The van der Waals surface area contributed by atoms with Crippen molar-refractivity contribution in [1.82, 2.24) is 15.5 Å². The number of nitrogens with zero attached hydrogens (tertiary/aromatic N) is 1. The van der Waals surface area contributed by atoms with Crippen molar-refractivity contribution in [2.24, 2.45) is 17.8 Å². The van der Waals surface area contributed by atoms with E-state index in [9.17, 15) is 9.59 Å². The van der Waals surface area contributed by atoms with Crippen LogP contribution >= 0.6 is 0 Å². The van der Waals surface area contributed by atoms with Crippen molar-refractivity contribution >= 4 is 12.3 Å². The minimum absolute atomic E-state index is 0.135. The van der Waals surface area contributed by atoms with E-state index in [-0.39, 0.29) is 11.9 Å². The zero-order valence-electron chi connectivity index (χ0n) is 18.5. The van der Waals surface area contributed by atoms with E-state index in [1.165, 1.54) is 36.8 Å². The minimum Gasteiger partial charge on any atom is -0.357 e. The summed E-state index contributed by atoms with van der Waals surface area (Å²) in [4.78, 5) is 27.1. The van der Waals surface area contributed by atoms with Crippen LogP contribution < -0.4 is 10.6 Å². The van der Waals surface area contributed by atoms with Crippen LogP contribution in [0.2, 0.25) is 0 Å². The molecular formula is C25H37N3O2. The Bertz CT molecular complexity index is 749. The molecule has 1 aliphatic carbocycles. The molecule has 1 aromatic carbocycles. The molecule has 1 saturated carbocycles. The van der Waals surface area contributed by atoms with E-state index in [1.807, 2.05) is 0 Å². The smallest absolute Gasteiger partial charge is 0.233 e. The van der Waals surface area contributed by atoms with E-state index in [0.717, 1.165) is 44.2 Å². The molecule has 0 radical (unpaired) electrons. The van der Waals surface area contributed by atoms with Crippen molar-refractivity contribution in [3.63, 3.8) is 0 Å². The van der Waals surface area contributed by atoms with E-state index in [0.29, 0.717) is 19.0 Å². The van der Waals surface area contributed by atoms with Crippen molar-refractivity contribution < 1.29 is 9.59 Å². The second kappa shape index (κ2) is 9.09. The first-order chi connectivity index (χ1) is 14.6. The van der Waals surface area contributed by atoms with Crippen LogP contribution in [0.5, 0.6) is 0 Å². The Morgan fingerprint density at radius 2 is 1.87 bits per heavy atom. The monoisotopic (exact) mass is 411 g/mol. The van der Waals surface area contributed by atoms with E-state index >= 15 is 0 Å². The van der Waals surface area contributed by atoms with E-state index in [2.05, 4.69) is 53.6 Å². The lowest BCUT2D eigenvalue weighted by Gasteiger charge is -2.52. The molecule has 2 heterocycles. The van der Waals surface area contributed by atoms with E-state index < -0.39 is 5.41 Å². The third-order valence-electron chi connectivity index (χ3n) is 8.04. The second-order valence-corrected chi connectivity index (χ2v) is 9.85. The van der Waals surface area contributed by atoms with Crippen LogP contribution in [0.4, 0.5) is 0 Å². The van der Waals surface area contributed by atoms with Crippen molar-refractivity contribution in [2.75, 3.05) is 26.2 Å². The number of rotatable bonds is 6. The molecule has 164 valence electrons. The Hall–Kier alpha value is -1.88. The molecule has 0 bridgehead atoms. The summed E-state index contributed by atoms with van der Waals surface area (Å²) >= 11 is 0. The fourth-order valence-electron chi connectivity index (χ4n) is 6.33. The van der Waals surface area contributed by atoms with Crippen LogP contribution in [0.25, 0.3) is 0 Å². The van der Waals surface area contributed by atoms with Crippen LogP contribution in [0.15, 0.2) is 24.3 Å². The summed E-state index contributed by atoms with van der Waals surface area (Å²) < 4.78 is 0. The molecule has 2 N–H and O–H groups in total. The van der Waals surface area contributed by atoms with Crippen LogP contribution in [-0.4, -0.2) is 43.4 Å². The minimum atomic E-state index is -0.408. The molecule has 5 nitrogen and oxygen atoms in total. The lowest BCUT2D eigenvalue weighted by atomic mass is 9.64. The number of carbonyl (C=O) groups is 2. The zero-order valence-corrected chi connectivity index (χ0v) is 18.5. The van der Waals surface area contributed by atoms with Crippen LogP contribution in [0.3, 0.4) is 0 Å². The summed E-state index contributed by atoms with van der Waals surface area (Å²) in [6.45, 7) is 7.54. The maximum Gasteiger partial charge on any atom is 0.233 e. The number of benzene rings is 1. The average Bonchev–Trinajstić information content (AvgIpc) is 2.78. The van der Waals surface area contributed by atoms with Gasteiger partial charge in [-0.15, -0.1) is 0 Å². The number of hydrogen-bond acceptors (Lipinski definition) is 3. The fraction of sp³-hybridized carbons (Fsp3) is 0.680. The quantitative estimate of drug-likeness (QED) is 0.557. The van der Waals surface area contributed by atoms with Crippen molar-refractivity contribution in [1.29, 1.82) is 0 Å². The highest BCUT2D eigenvalue weighted by molar-refractivity contribution is 5.91. The summed E-state index contributed by atoms with van der Waals surface area (Å²) in [6.07, 6.45) is 7.32. The van der Waals surface area contributed by atoms with Gasteiger partial charge in [0.1, 0.15) is 0 Å². The Labute approximate surface area is 181 Å². The number of nitrogens with one attached hydrogen (secondary N) is 2. The number of hydrogen-bond donors (Lipinski definition) is 2. The largest absolute Gasteiger partial charge is 0.357 e. The molecule has 4 rings (SSSR count). The predicted octanol–water partition coefficient (Wildman–Crippen LogP) is 3.40. The molecular weight excluding hydrogens is 374 g/mol. The topological polar surface area (TPSA) is 61.4 Å². The SMILES string of the molecule is CC(C)C1CCC(C2c3ccccc3C3(CCNCC3)C(=O)N2CCNC=O)CC1. The van der Waals surface area contributed by atoms with Gasteiger partial charge in [0, 0.05) is 13.1 Å². The van der Waals surface area contributed by atoms with Crippen LogP contribution in [0, 0.1) is 17.8 Å². The Morgan fingerprint density at radius 3 is 2.53 bits per heavy atom. The second-order valence-electron chi connectivity index (χ2n) is 9.85. The van der Waals surface area contributed by atoms with Crippen LogP contribution in [0.1, 0.15) is 69.5 Å². The van der Waals surface area contributed by atoms with Gasteiger partial charge < -0.3 is 15.5 Å². The highest BCUT2D eigenvalue weighted by Crippen LogP contribution is 2.51. The average molecular weight is 412 g/mol. The Kier molecular flexibility index (Phi) is 6.47. The molecule has 1 saturated heterocycles. The Morgan fingerprint density at radius 1 is 1.17 bits per heavy atom. The lowest BCUT2D eigenvalue weighted by molar-refractivity contribution is -0.145. The third kappa shape index (κ3) is 3.77. The maximum absolute atomic E-state index is 14.1. The number of amides is 2. The molecule has 2 aliphatic heterocycles. The normalized spacial score (nSPS) is 28.4. The van der Waals surface area contributed by atoms with Gasteiger partial charge in [-0.05, 0) is 80.5 Å². The van der Waals surface area contributed by atoms with Crippen molar-refractivity contribution in [3.8, 4) is 0 Å². The summed E-state index contributed by atoms with van der Waals surface area (Å²) in [5.41, 5.74) is 2.22. The zero-order chi connectivity index (χ0) is 21.1. The lowest BCUT2D eigenvalue weighted by Crippen LogP contribution is -2.58. The predicted molar refractivity (Wildman–Crippen MR) is 119 cm³/mol. The third-order valence-corrected chi connectivity index (χ3v) is 8.04. The molecule has 2 amide bonds. The molecule has 3 aliphatic rings. The summed E-state index contributed by atoms with van der Waals surface area (Å²) in [5, 5.41) is 6.23. The standard InChI is InChI=1S/C25H37N3O2/c1-18(2)19-7-9-20(10-8-19)23-21-5-3-4-6-22(21)25(11-13-26-14-12-25)24(30)28(23)16-15-27-17-29/h3-6,17-20,23,26H,7-16H2,1-2H3,(H,27,29). The molecule has 0 aromatic heterocycles. The van der Waals surface area contributed by atoms with Gasteiger partial charge in [-0.2, -0.15) is 0 Å². The first-order valence-electron chi connectivity index (χ1n) is 11.9. The van der Waals surface area contributed by atoms with E-state index in [4.69, 9.17) is 0 Å². The first-order valence-corrected chi connectivity index (χ1v) is 11.9. The van der Waals surface area contributed by atoms with Gasteiger partial charge in [-0.25, -0.2) is 0 Å². The molecule has 30 heavy (non-hydrogen) atoms. The van der Waals surface area contributed by atoms with Gasteiger partial charge in [0.2, 0.25) is 12.3 Å². The fourth-order valence-corrected chi connectivity index (χ4v) is 6.33. The summed E-state index contributed by atoms with van der Waals surface area (Å²) in [5.74, 6) is 2.32. The van der Waals surface area contributed by atoms with Crippen molar-refractivity contribution in [3.05, 3.63) is 35.4 Å². The number of fused-ring (bicyclic) bond motifs is 2. The first kappa shape index (κ1) is 21.4. The highest BCUT2D eigenvalue weighted by atomic mass is 16.2. The summed E-state index contributed by atoms with van der Waals surface area (Å²) in [7, 11) is 0. The molecule has 1 spiro atoms.